The van der Waals surface area contributed by atoms with Crippen molar-refractivity contribution >= 4 is 33.2 Å². The van der Waals surface area contributed by atoms with Gasteiger partial charge < -0.3 is 15.8 Å². The van der Waals surface area contributed by atoms with Gasteiger partial charge >= 0.3 is 0 Å². The Balaban J connectivity index is 1.96. The van der Waals surface area contributed by atoms with E-state index in [1.54, 1.807) is 18.2 Å². The maximum atomic E-state index is 11.9. The Morgan fingerprint density at radius 2 is 2.00 bits per heavy atom. The zero-order valence-electron chi connectivity index (χ0n) is 11.0. The van der Waals surface area contributed by atoms with Crippen LogP contribution in [-0.2, 0) is 4.79 Å². The summed E-state index contributed by atoms with van der Waals surface area (Å²) in [5.41, 5.74) is 7.99. The van der Waals surface area contributed by atoms with Crippen LogP contribution in [-0.4, -0.2) is 12.5 Å². The number of nitrogens with one attached hydrogen (secondary N) is 1. The number of para-hydroxylation sites is 1. The van der Waals surface area contributed by atoms with Gasteiger partial charge in [-0.1, -0.05) is 18.2 Å². The number of hydrogen-bond donors (Lipinski definition) is 2. The van der Waals surface area contributed by atoms with Gasteiger partial charge in [0.15, 0.2) is 6.61 Å². The number of nitrogens with two attached hydrogens (primary N) is 1. The highest BCUT2D eigenvalue weighted by Crippen LogP contribution is 2.24. The average Bonchev–Trinajstić information content (AvgIpc) is 2.43. The third-order valence-electron chi connectivity index (χ3n) is 2.85. The lowest BCUT2D eigenvalue weighted by molar-refractivity contribution is -0.118. The second-order valence-electron chi connectivity index (χ2n) is 4.29. The molecule has 2 rings (SSSR count). The molecule has 104 valence electrons. The van der Waals surface area contributed by atoms with E-state index in [-0.39, 0.29) is 12.5 Å². The minimum absolute atomic E-state index is 0.0587. The molecule has 2 aromatic rings. The van der Waals surface area contributed by atoms with Crippen molar-refractivity contribution in [3.63, 3.8) is 0 Å². The highest BCUT2D eigenvalue weighted by molar-refractivity contribution is 9.10. The van der Waals surface area contributed by atoms with Gasteiger partial charge in [-0.3, -0.25) is 4.79 Å². The fourth-order valence-corrected chi connectivity index (χ4v) is 2.08. The number of anilines is 2. The lowest BCUT2D eigenvalue weighted by atomic mass is 10.1. The molecule has 0 fully saturated rings. The second-order valence-corrected chi connectivity index (χ2v) is 5.14. The average molecular weight is 335 g/mol. The molecule has 0 saturated carbocycles. The SMILES string of the molecule is Cc1c(N)cccc1NC(=O)COc1ccccc1Br. The van der Waals surface area contributed by atoms with Crippen LogP contribution in [0.5, 0.6) is 5.75 Å². The van der Waals surface area contributed by atoms with E-state index in [4.69, 9.17) is 10.5 Å². The van der Waals surface area contributed by atoms with Crippen molar-refractivity contribution in [2.45, 2.75) is 6.92 Å². The van der Waals surface area contributed by atoms with Crippen molar-refractivity contribution in [2.24, 2.45) is 0 Å². The third-order valence-corrected chi connectivity index (χ3v) is 3.50. The normalized spacial score (nSPS) is 10.1. The molecule has 0 saturated heterocycles. The molecule has 0 bridgehead atoms. The summed E-state index contributed by atoms with van der Waals surface area (Å²) in [4.78, 5) is 11.9. The maximum Gasteiger partial charge on any atom is 0.262 e. The number of amides is 1. The van der Waals surface area contributed by atoms with Gasteiger partial charge in [-0.05, 0) is 52.7 Å². The van der Waals surface area contributed by atoms with E-state index in [0.29, 0.717) is 17.1 Å². The minimum atomic E-state index is -0.227. The van der Waals surface area contributed by atoms with Gasteiger partial charge in [-0.2, -0.15) is 0 Å². The molecule has 0 aromatic heterocycles. The smallest absolute Gasteiger partial charge is 0.262 e. The van der Waals surface area contributed by atoms with Crippen molar-refractivity contribution in [2.75, 3.05) is 17.7 Å². The molecule has 2 aromatic carbocycles. The van der Waals surface area contributed by atoms with E-state index >= 15 is 0 Å². The zero-order valence-corrected chi connectivity index (χ0v) is 12.6. The summed E-state index contributed by atoms with van der Waals surface area (Å²) in [6.45, 7) is 1.80. The van der Waals surface area contributed by atoms with E-state index in [2.05, 4.69) is 21.2 Å². The lowest BCUT2D eigenvalue weighted by Gasteiger charge is -2.11. The van der Waals surface area contributed by atoms with Gasteiger partial charge in [-0.25, -0.2) is 0 Å². The summed E-state index contributed by atoms with van der Waals surface area (Å²) in [6.07, 6.45) is 0. The van der Waals surface area contributed by atoms with Crippen LogP contribution in [0.4, 0.5) is 11.4 Å². The van der Waals surface area contributed by atoms with Crippen molar-refractivity contribution < 1.29 is 9.53 Å². The minimum Gasteiger partial charge on any atom is -0.483 e. The molecule has 0 aliphatic carbocycles. The largest absolute Gasteiger partial charge is 0.483 e. The zero-order chi connectivity index (χ0) is 14.5. The first kappa shape index (κ1) is 14.4. The van der Waals surface area contributed by atoms with Crippen LogP contribution in [0.25, 0.3) is 0 Å². The molecule has 4 nitrogen and oxygen atoms in total. The number of carbonyl (C=O) groups excluding carboxylic acids is 1. The predicted molar refractivity (Wildman–Crippen MR) is 83.9 cm³/mol. The molecule has 1 amide bonds. The topological polar surface area (TPSA) is 64.3 Å². The number of hydrogen-bond acceptors (Lipinski definition) is 3. The fraction of sp³-hybridized carbons (Fsp3) is 0.133. The van der Waals surface area contributed by atoms with Crippen LogP contribution in [0.3, 0.4) is 0 Å². The Labute approximate surface area is 126 Å². The van der Waals surface area contributed by atoms with Gasteiger partial charge in [0.1, 0.15) is 5.75 Å². The van der Waals surface area contributed by atoms with E-state index in [1.165, 1.54) is 0 Å². The van der Waals surface area contributed by atoms with Crippen LogP contribution in [0.1, 0.15) is 5.56 Å². The van der Waals surface area contributed by atoms with Crippen LogP contribution in [0.15, 0.2) is 46.9 Å². The van der Waals surface area contributed by atoms with Gasteiger partial charge in [0, 0.05) is 11.4 Å². The fourth-order valence-electron chi connectivity index (χ4n) is 1.68. The molecule has 0 aliphatic rings. The predicted octanol–water partition coefficient (Wildman–Crippen LogP) is 3.36. The standard InChI is InChI=1S/C15H15BrN2O2/c1-10-12(17)6-4-7-13(10)18-15(19)9-20-14-8-3-2-5-11(14)16/h2-8H,9,17H2,1H3,(H,18,19). The molecule has 0 radical (unpaired) electrons. The third kappa shape index (κ3) is 3.51. The van der Waals surface area contributed by atoms with E-state index < -0.39 is 0 Å². The van der Waals surface area contributed by atoms with Crippen LogP contribution >= 0.6 is 15.9 Å². The second kappa shape index (κ2) is 6.43. The van der Waals surface area contributed by atoms with Gasteiger partial charge in [-0.15, -0.1) is 0 Å². The monoisotopic (exact) mass is 334 g/mol. The summed E-state index contributed by atoms with van der Waals surface area (Å²) in [6, 6.07) is 12.8. The van der Waals surface area contributed by atoms with Crippen LogP contribution in [0, 0.1) is 6.92 Å². The molecular formula is C15H15BrN2O2. The van der Waals surface area contributed by atoms with Crippen LogP contribution in [0.2, 0.25) is 0 Å². The molecule has 0 unspecified atom stereocenters. The first-order chi connectivity index (χ1) is 9.58. The van der Waals surface area contributed by atoms with Crippen molar-refractivity contribution in [1.82, 2.24) is 0 Å². The summed E-state index contributed by atoms with van der Waals surface area (Å²) >= 11 is 3.36. The quantitative estimate of drug-likeness (QED) is 0.842. The molecule has 3 N–H and O–H groups in total. The molecule has 0 aliphatic heterocycles. The van der Waals surface area contributed by atoms with Crippen molar-refractivity contribution in [3.8, 4) is 5.75 Å². The molecule has 0 heterocycles. The van der Waals surface area contributed by atoms with Crippen molar-refractivity contribution in [3.05, 3.63) is 52.5 Å². The Bertz CT molecular complexity index is 629. The molecule has 0 spiro atoms. The maximum absolute atomic E-state index is 11.9. The molecule has 5 heteroatoms. The summed E-state index contributed by atoms with van der Waals surface area (Å²) in [5, 5.41) is 2.78. The number of carbonyl (C=O) groups is 1. The first-order valence-corrected chi connectivity index (χ1v) is 6.89. The summed E-state index contributed by atoms with van der Waals surface area (Å²) in [5.74, 6) is 0.404. The Kier molecular flexibility index (Phi) is 4.63. The van der Waals surface area contributed by atoms with E-state index in [9.17, 15) is 4.79 Å². The lowest BCUT2D eigenvalue weighted by Crippen LogP contribution is -2.20. The Morgan fingerprint density at radius 3 is 2.75 bits per heavy atom. The molecule has 0 atom stereocenters. The van der Waals surface area contributed by atoms with Gasteiger partial charge in [0.25, 0.3) is 5.91 Å². The highest BCUT2D eigenvalue weighted by atomic mass is 79.9. The number of rotatable bonds is 4. The van der Waals surface area contributed by atoms with Gasteiger partial charge in [0.05, 0.1) is 4.47 Å². The van der Waals surface area contributed by atoms with E-state index in [1.807, 2.05) is 31.2 Å². The van der Waals surface area contributed by atoms with Crippen LogP contribution < -0.4 is 15.8 Å². The number of nitrogen functional groups attached to an aromatic ring is 1. The Hall–Kier alpha value is -2.01. The van der Waals surface area contributed by atoms with Gasteiger partial charge in [0.2, 0.25) is 0 Å². The van der Waals surface area contributed by atoms with E-state index in [0.717, 1.165) is 10.0 Å². The summed E-state index contributed by atoms with van der Waals surface area (Å²) in [7, 11) is 0. The number of benzene rings is 2. The first-order valence-electron chi connectivity index (χ1n) is 6.10. The number of halogens is 1. The van der Waals surface area contributed by atoms with Crippen molar-refractivity contribution in [1.29, 1.82) is 0 Å². The molecule has 20 heavy (non-hydrogen) atoms. The highest BCUT2D eigenvalue weighted by Gasteiger charge is 2.08. The Morgan fingerprint density at radius 1 is 1.25 bits per heavy atom. The summed E-state index contributed by atoms with van der Waals surface area (Å²) < 4.78 is 6.26. The number of ether oxygens (including phenoxy) is 1. The molecular weight excluding hydrogens is 320 g/mol.